The van der Waals surface area contributed by atoms with Crippen LogP contribution in [-0.2, 0) is 24.7 Å². The van der Waals surface area contributed by atoms with E-state index in [1.165, 1.54) is 7.11 Å². The van der Waals surface area contributed by atoms with Crippen molar-refractivity contribution in [2.75, 3.05) is 25.6 Å². The predicted octanol–water partition coefficient (Wildman–Crippen LogP) is -0.939. The number of rotatable bonds is 4. The Morgan fingerprint density at radius 1 is 1.37 bits per heavy atom. The molecule has 5 atom stereocenters. The number of carbonyl (C=O) groups excluding carboxylic acids is 3. The van der Waals surface area contributed by atoms with Gasteiger partial charge in [0, 0.05) is 12.7 Å². The molecular formula is C18H21ClN3O5+. The third-order valence-corrected chi connectivity index (χ3v) is 6.27. The van der Waals surface area contributed by atoms with Crippen molar-refractivity contribution in [2.24, 2.45) is 11.8 Å². The Balaban J connectivity index is 1.87. The average Bonchev–Trinajstić information content (AvgIpc) is 3.21. The maximum absolute atomic E-state index is 13.2. The Morgan fingerprint density at radius 3 is 2.78 bits per heavy atom. The summed E-state index contributed by atoms with van der Waals surface area (Å²) in [5, 5.41) is 15.1. The van der Waals surface area contributed by atoms with Crippen LogP contribution in [0.1, 0.15) is 12.5 Å². The van der Waals surface area contributed by atoms with E-state index in [1.807, 2.05) is 0 Å². The van der Waals surface area contributed by atoms with Crippen LogP contribution in [0.4, 0.5) is 5.69 Å². The number of carbonyl (C=O) groups is 3. The van der Waals surface area contributed by atoms with Gasteiger partial charge in [-0.05, 0) is 19.1 Å². The molecule has 8 nitrogen and oxygen atoms in total. The topological polar surface area (TPSA) is 113 Å². The number of aliphatic hydroxyl groups is 1. The summed E-state index contributed by atoms with van der Waals surface area (Å²) < 4.78 is 5.01. The fraction of sp³-hybridized carbons (Fsp3) is 0.500. The number of benzene rings is 1. The lowest BCUT2D eigenvalue weighted by molar-refractivity contribution is -0.738. The van der Waals surface area contributed by atoms with Crippen molar-refractivity contribution in [3.8, 4) is 0 Å². The zero-order valence-electron chi connectivity index (χ0n) is 14.9. The Morgan fingerprint density at radius 2 is 2.11 bits per heavy atom. The fourth-order valence-electron chi connectivity index (χ4n) is 4.78. The highest BCUT2D eigenvalue weighted by molar-refractivity contribution is 6.35. The molecule has 144 valence electrons. The lowest BCUT2D eigenvalue weighted by Crippen LogP contribution is -3.00. The molecule has 0 aliphatic carbocycles. The first-order valence-corrected chi connectivity index (χ1v) is 9.21. The zero-order valence-corrected chi connectivity index (χ0v) is 15.7. The molecule has 0 saturated carbocycles. The van der Waals surface area contributed by atoms with Crippen molar-refractivity contribution in [2.45, 2.75) is 24.6 Å². The molecule has 3 heterocycles. The minimum Gasteiger partial charge on any atom is -0.387 e. The number of quaternary nitrogens is 1. The summed E-state index contributed by atoms with van der Waals surface area (Å²) in [6.07, 6.45) is -0.882. The lowest BCUT2D eigenvalue weighted by atomic mass is 9.76. The number of halogens is 1. The van der Waals surface area contributed by atoms with E-state index in [4.69, 9.17) is 16.3 Å². The Bertz CT molecular complexity index is 844. The van der Waals surface area contributed by atoms with Crippen molar-refractivity contribution >= 4 is 35.0 Å². The van der Waals surface area contributed by atoms with Crippen LogP contribution in [0, 0.1) is 11.8 Å². The first-order chi connectivity index (χ1) is 12.8. The molecule has 9 heteroatoms. The zero-order chi connectivity index (χ0) is 19.5. The number of aliphatic hydroxyl groups excluding tert-OH is 1. The largest absolute Gasteiger partial charge is 0.387 e. The SMILES string of the molecule is COCCN1C(=O)[C@@H]2[C@H]([C@H](C)O)[NH2+][C@]3(C(=O)Nc4c(Cl)cccc43)[C@@H]2C1=O. The van der Waals surface area contributed by atoms with E-state index in [1.54, 1.807) is 30.4 Å². The van der Waals surface area contributed by atoms with Crippen LogP contribution in [-0.4, -0.2) is 60.1 Å². The van der Waals surface area contributed by atoms with E-state index in [0.29, 0.717) is 16.3 Å². The summed E-state index contributed by atoms with van der Waals surface area (Å²) in [6.45, 7) is 1.90. The van der Waals surface area contributed by atoms with Gasteiger partial charge in [0.05, 0.1) is 23.9 Å². The van der Waals surface area contributed by atoms with Crippen molar-refractivity contribution in [1.82, 2.24) is 4.90 Å². The average molecular weight is 395 g/mol. The van der Waals surface area contributed by atoms with E-state index in [-0.39, 0.29) is 19.1 Å². The molecular weight excluding hydrogens is 374 g/mol. The molecule has 0 radical (unpaired) electrons. The number of hydrogen-bond acceptors (Lipinski definition) is 5. The predicted molar refractivity (Wildman–Crippen MR) is 94.7 cm³/mol. The number of para-hydroxylation sites is 1. The molecule has 3 amide bonds. The monoisotopic (exact) mass is 394 g/mol. The van der Waals surface area contributed by atoms with Gasteiger partial charge in [-0.15, -0.1) is 0 Å². The fourth-order valence-corrected chi connectivity index (χ4v) is 5.00. The molecule has 3 aliphatic rings. The van der Waals surface area contributed by atoms with Gasteiger partial charge in [0.25, 0.3) is 5.91 Å². The maximum Gasteiger partial charge on any atom is 0.291 e. The molecule has 0 bridgehead atoms. The molecule has 0 aromatic heterocycles. The quantitative estimate of drug-likeness (QED) is 0.571. The van der Waals surface area contributed by atoms with Crippen LogP contribution in [0.3, 0.4) is 0 Å². The summed E-state index contributed by atoms with van der Waals surface area (Å²) in [5.74, 6) is -2.86. The highest BCUT2D eigenvalue weighted by Gasteiger charge is 2.74. The minimum absolute atomic E-state index is 0.119. The van der Waals surface area contributed by atoms with Crippen molar-refractivity contribution in [3.63, 3.8) is 0 Å². The summed E-state index contributed by atoms with van der Waals surface area (Å²) in [6, 6.07) is 4.50. The number of nitrogens with two attached hydrogens (primary N) is 1. The molecule has 1 spiro atoms. The highest BCUT2D eigenvalue weighted by atomic mass is 35.5. The summed E-state index contributed by atoms with van der Waals surface area (Å²) in [7, 11) is 1.49. The molecule has 0 unspecified atom stereocenters. The first-order valence-electron chi connectivity index (χ1n) is 8.83. The molecule has 2 fully saturated rings. The van der Waals surface area contributed by atoms with E-state index in [0.717, 1.165) is 4.90 Å². The second kappa shape index (κ2) is 6.27. The third kappa shape index (κ3) is 2.30. The Hall–Kier alpha value is -2.00. The van der Waals surface area contributed by atoms with Gasteiger partial charge in [-0.1, -0.05) is 17.7 Å². The van der Waals surface area contributed by atoms with Gasteiger partial charge in [-0.2, -0.15) is 0 Å². The minimum atomic E-state index is -1.32. The number of nitrogens with one attached hydrogen (secondary N) is 1. The molecule has 1 aromatic carbocycles. The standard InChI is InChI=1S/C18H20ClN3O5/c1-8(23)13-11-12(16(25)22(15(11)24)6-7-27-2)18(21-13)9-4-3-5-10(19)14(9)20-17(18)26/h3-5,8,11-13,21,23H,6-7H2,1-2H3,(H,20,26)/p+1/t8-,11-,12-,13-,18-/m0/s1. The van der Waals surface area contributed by atoms with E-state index >= 15 is 0 Å². The third-order valence-electron chi connectivity index (χ3n) is 5.95. The van der Waals surface area contributed by atoms with Crippen LogP contribution in [0.2, 0.25) is 5.02 Å². The van der Waals surface area contributed by atoms with E-state index in [2.05, 4.69) is 5.32 Å². The van der Waals surface area contributed by atoms with Gasteiger partial charge in [0.1, 0.15) is 24.0 Å². The number of amides is 3. The number of likely N-dealkylation sites (tertiary alicyclic amines) is 1. The van der Waals surface area contributed by atoms with Gasteiger partial charge in [-0.3, -0.25) is 19.3 Å². The van der Waals surface area contributed by atoms with E-state index < -0.39 is 41.3 Å². The molecule has 4 rings (SSSR count). The number of imide groups is 1. The number of nitrogens with zero attached hydrogens (tertiary/aromatic N) is 1. The van der Waals surface area contributed by atoms with Crippen LogP contribution >= 0.6 is 11.6 Å². The first kappa shape index (κ1) is 18.4. The second-order valence-electron chi connectivity index (χ2n) is 7.29. The van der Waals surface area contributed by atoms with E-state index in [9.17, 15) is 19.5 Å². The molecule has 1 aromatic rings. The normalized spacial score (nSPS) is 32.8. The molecule has 2 saturated heterocycles. The van der Waals surface area contributed by atoms with Crippen LogP contribution < -0.4 is 10.6 Å². The number of ether oxygens (including phenoxy) is 1. The smallest absolute Gasteiger partial charge is 0.291 e. The summed E-state index contributed by atoms with van der Waals surface area (Å²) in [5.41, 5.74) is -0.282. The van der Waals surface area contributed by atoms with Crippen molar-refractivity contribution in [3.05, 3.63) is 28.8 Å². The number of hydrogen-bond donors (Lipinski definition) is 3. The summed E-state index contributed by atoms with van der Waals surface area (Å²) in [4.78, 5) is 40.5. The number of anilines is 1. The van der Waals surface area contributed by atoms with Crippen LogP contribution in [0.25, 0.3) is 0 Å². The van der Waals surface area contributed by atoms with Gasteiger partial charge in [0.2, 0.25) is 17.4 Å². The van der Waals surface area contributed by atoms with Gasteiger partial charge < -0.3 is 20.5 Å². The van der Waals surface area contributed by atoms with Crippen molar-refractivity contribution in [1.29, 1.82) is 0 Å². The number of methoxy groups -OCH3 is 1. The van der Waals surface area contributed by atoms with Gasteiger partial charge >= 0.3 is 0 Å². The maximum atomic E-state index is 13.2. The van der Waals surface area contributed by atoms with Crippen LogP contribution in [0.15, 0.2) is 18.2 Å². The lowest BCUT2D eigenvalue weighted by Gasteiger charge is -2.26. The second-order valence-corrected chi connectivity index (χ2v) is 7.70. The Kier molecular flexibility index (Phi) is 4.27. The molecule has 3 aliphatic heterocycles. The highest BCUT2D eigenvalue weighted by Crippen LogP contribution is 2.50. The number of fused-ring (bicyclic) bond motifs is 4. The summed E-state index contributed by atoms with van der Waals surface area (Å²) >= 11 is 6.24. The van der Waals surface area contributed by atoms with Crippen molar-refractivity contribution < 1.29 is 29.5 Å². The van der Waals surface area contributed by atoms with Crippen LogP contribution in [0.5, 0.6) is 0 Å². The van der Waals surface area contributed by atoms with Gasteiger partial charge in [0.15, 0.2) is 0 Å². The molecule has 27 heavy (non-hydrogen) atoms. The molecule has 4 N–H and O–H groups in total. The van der Waals surface area contributed by atoms with Gasteiger partial charge in [-0.25, -0.2) is 0 Å². The Labute approximate surface area is 160 Å².